The molecule has 1 aliphatic rings. The average Bonchev–Trinajstić information content (AvgIpc) is 2.20. The van der Waals surface area contributed by atoms with Crippen LogP contribution < -0.4 is 11.3 Å². The van der Waals surface area contributed by atoms with Crippen LogP contribution >= 0.6 is 0 Å². The number of amides is 1. The Morgan fingerprint density at radius 1 is 1.47 bits per heavy atom. The number of hydrogen-bond acceptors (Lipinski definition) is 3. The van der Waals surface area contributed by atoms with Crippen molar-refractivity contribution in [3.63, 3.8) is 0 Å². The molecule has 0 radical (unpaired) electrons. The topological polar surface area (TPSA) is 64.3 Å². The summed E-state index contributed by atoms with van der Waals surface area (Å²) in [5.74, 6) is 4.79. The SMILES string of the molecule is CC(OC1CCC(C)(C)CC1)C(=O)NN. The van der Waals surface area contributed by atoms with Crippen LogP contribution in [0.5, 0.6) is 0 Å². The number of nitrogens with two attached hydrogens (primary N) is 1. The first-order chi connectivity index (χ1) is 6.94. The first-order valence-electron chi connectivity index (χ1n) is 5.60. The Bertz CT molecular complexity index is 219. The van der Waals surface area contributed by atoms with Crippen molar-refractivity contribution in [2.24, 2.45) is 11.3 Å². The summed E-state index contributed by atoms with van der Waals surface area (Å²) in [5, 5.41) is 0. The zero-order chi connectivity index (χ0) is 11.5. The van der Waals surface area contributed by atoms with E-state index >= 15 is 0 Å². The van der Waals surface area contributed by atoms with E-state index in [4.69, 9.17) is 10.6 Å². The Morgan fingerprint density at radius 3 is 2.47 bits per heavy atom. The highest BCUT2D eigenvalue weighted by Gasteiger charge is 2.29. The fraction of sp³-hybridized carbons (Fsp3) is 0.909. The van der Waals surface area contributed by atoms with Crippen LogP contribution in [0.2, 0.25) is 0 Å². The van der Waals surface area contributed by atoms with Gasteiger partial charge in [0.2, 0.25) is 0 Å². The fourth-order valence-corrected chi connectivity index (χ4v) is 1.98. The van der Waals surface area contributed by atoms with Crippen molar-refractivity contribution >= 4 is 5.91 Å². The summed E-state index contributed by atoms with van der Waals surface area (Å²) < 4.78 is 5.65. The number of carbonyl (C=O) groups excluding carboxylic acids is 1. The molecule has 4 heteroatoms. The lowest BCUT2D eigenvalue weighted by atomic mass is 9.76. The van der Waals surface area contributed by atoms with Crippen molar-refractivity contribution in [1.29, 1.82) is 0 Å². The third kappa shape index (κ3) is 3.80. The Balaban J connectivity index is 2.32. The molecule has 0 saturated heterocycles. The Kier molecular flexibility index (Phi) is 4.11. The minimum atomic E-state index is -0.443. The summed E-state index contributed by atoms with van der Waals surface area (Å²) in [5.41, 5.74) is 2.54. The van der Waals surface area contributed by atoms with Gasteiger partial charge < -0.3 is 4.74 Å². The van der Waals surface area contributed by atoms with Crippen LogP contribution in [0, 0.1) is 5.41 Å². The second-order valence-corrected chi connectivity index (χ2v) is 5.15. The van der Waals surface area contributed by atoms with Crippen LogP contribution in [0.15, 0.2) is 0 Å². The van der Waals surface area contributed by atoms with Gasteiger partial charge in [0.05, 0.1) is 6.10 Å². The normalized spacial score (nSPS) is 23.5. The lowest BCUT2D eigenvalue weighted by molar-refractivity contribution is -0.137. The van der Waals surface area contributed by atoms with E-state index in [1.54, 1.807) is 6.92 Å². The van der Waals surface area contributed by atoms with Gasteiger partial charge in [-0.15, -0.1) is 0 Å². The van der Waals surface area contributed by atoms with Gasteiger partial charge in [0.25, 0.3) is 5.91 Å². The van der Waals surface area contributed by atoms with E-state index in [1.165, 1.54) is 0 Å². The molecule has 0 bridgehead atoms. The van der Waals surface area contributed by atoms with E-state index in [0.29, 0.717) is 5.41 Å². The molecule has 3 N–H and O–H groups in total. The number of ether oxygens (including phenoxy) is 1. The van der Waals surface area contributed by atoms with E-state index in [2.05, 4.69) is 19.3 Å². The summed E-state index contributed by atoms with van der Waals surface area (Å²) in [6, 6.07) is 0. The number of hydrogen-bond donors (Lipinski definition) is 2. The third-order valence-electron chi connectivity index (χ3n) is 3.19. The second kappa shape index (κ2) is 4.94. The molecule has 1 saturated carbocycles. The zero-order valence-electron chi connectivity index (χ0n) is 9.88. The van der Waals surface area contributed by atoms with E-state index < -0.39 is 6.10 Å². The van der Waals surface area contributed by atoms with Crippen molar-refractivity contribution in [3.05, 3.63) is 0 Å². The highest BCUT2D eigenvalue weighted by molar-refractivity contribution is 5.79. The average molecular weight is 214 g/mol. The smallest absolute Gasteiger partial charge is 0.262 e. The molecule has 15 heavy (non-hydrogen) atoms. The van der Waals surface area contributed by atoms with Crippen LogP contribution in [0.4, 0.5) is 0 Å². The number of carbonyl (C=O) groups is 1. The summed E-state index contributed by atoms with van der Waals surface area (Å²) in [6.45, 7) is 6.29. The molecular weight excluding hydrogens is 192 g/mol. The van der Waals surface area contributed by atoms with Gasteiger partial charge in [0.15, 0.2) is 0 Å². The predicted octanol–water partition coefficient (Wildman–Crippen LogP) is 1.35. The van der Waals surface area contributed by atoms with Crippen molar-refractivity contribution in [1.82, 2.24) is 5.43 Å². The lowest BCUT2D eigenvalue weighted by Gasteiger charge is -2.35. The molecule has 0 aliphatic heterocycles. The molecule has 0 aromatic heterocycles. The Hall–Kier alpha value is -0.610. The zero-order valence-corrected chi connectivity index (χ0v) is 9.88. The van der Waals surface area contributed by atoms with Gasteiger partial charge in [-0.2, -0.15) is 0 Å². The molecule has 0 aromatic carbocycles. The van der Waals surface area contributed by atoms with Crippen molar-refractivity contribution < 1.29 is 9.53 Å². The Labute approximate surface area is 91.5 Å². The molecule has 1 rings (SSSR count). The van der Waals surface area contributed by atoms with Crippen LogP contribution in [0.1, 0.15) is 46.5 Å². The Morgan fingerprint density at radius 2 is 2.00 bits per heavy atom. The van der Waals surface area contributed by atoms with Gasteiger partial charge in [-0.1, -0.05) is 13.8 Å². The van der Waals surface area contributed by atoms with Crippen LogP contribution in [0.25, 0.3) is 0 Å². The highest BCUT2D eigenvalue weighted by Crippen LogP contribution is 2.36. The molecule has 1 atom stereocenters. The largest absolute Gasteiger partial charge is 0.365 e. The summed E-state index contributed by atoms with van der Waals surface area (Å²) >= 11 is 0. The molecule has 0 spiro atoms. The van der Waals surface area contributed by atoms with Gasteiger partial charge >= 0.3 is 0 Å². The van der Waals surface area contributed by atoms with Gasteiger partial charge in [-0.25, -0.2) is 5.84 Å². The highest BCUT2D eigenvalue weighted by atomic mass is 16.5. The van der Waals surface area contributed by atoms with Crippen LogP contribution in [0.3, 0.4) is 0 Å². The van der Waals surface area contributed by atoms with E-state index in [9.17, 15) is 4.79 Å². The van der Waals surface area contributed by atoms with Crippen LogP contribution in [-0.4, -0.2) is 18.1 Å². The molecule has 4 nitrogen and oxygen atoms in total. The summed E-state index contributed by atoms with van der Waals surface area (Å²) in [7, 11) is 0. The minimum absolute atomic E-state index is 0.213. The quantitative estimate of drug-likeness (QED) is 0.423. The molecule has 0 heterocycles. The third-order valence-corrected chi connectivity index (χ3v) is 3.19. The van der Waals surface area contributed by atoms with Gasteiger partial charge in [-0.05, 0) is 38.0 Å². The monoisotopic (exact) mass is 214 g/mol. The number of rotatable bonds is 3. The molecule has 88 valence electrons. The van der Waals surface area contributed by atoms with Crippen molar-refractivity contribution in [2.75, 3.05) is 0 Å². The fourth-order valence-electron chi connectivity index (χ4n) is 1.98. The van der Waals surface area contributed by atoms with Crippen LogP contribution in [-0.2, 0) is 9.53 Å². The maximum absolute atomic E-state index is 11.2. The van der Waals surface area contributed by atoms with E-state index in [0.717, 1.165) is 25.7 Å². The molecule has 1 amide bonds. The lowest BCUT2D eigenvalue weighted by Crippen LogP contribution is -2.41. The minimum Gasteiger partial charge on any atom is -0.365 e. The van der Waals surface area contributed by atoms with E-state index in [-0.39, 0.29) is 12.0 Å². The predicted molar refractivity (Wildman–Crippen MR) is 58.9 cm³/mol. The second-order valence-electron chi connectivity index (χ2n) is 5.15. The molecule has 1 aliphatic carbocycles. The number of nitrogens with one attached hydrogen (secondary N) is 1. The van der Waals surface area contributed by atoms with Crippen molar-refractivity contribution in [2.45, 2.75) is 58.7 Å². The standard InChI is InChI=1S/C11H22N2O2/c1-8(10(14)13-12)15-9-4-6-11(2,3)7-5-9/h8-9H,4-7,12H2,1-3H3,(H,13,14). The number of hydrazine groups is 1. The molecular formula is C11H22N2O2. The molecule has 0 aromatic rings. The maximum atomic E-state index is 11.2. The maximum Gasteiger partial charge on any atom is 0.262 e. The van der Waals surface area contributed by atoms with Gasteiger partial charge in [0, 0.05) is 0 Å². The van der Waals surface area contributed by atoms with Gasteiger partial charge in [0.1, 0.15) is 6.10 Å². The first-order valence-corrected chi connectivity index (χ1v) is 5.60. The molecule has 1 unspecified atom stereocenters. The van der Waals surface area contributed by atoms with E-state index in [1.807, 2.05) is 0 Å². The summed E-state index contributed by atoms with van der Waals surface area (Å²) in [4.78, 5) is 11.2. The van der Waals surface area contributed by atoms with Gasteiger partial charge in [-0.3, -0.25) is 10.2 Å². The molecule has 1 fully saturated rings. The first kappa shape index (κ1) is 12.5. The van der Waals surface area contributed by atoms with Crippen molar-refractivity contribution in [3.8, 4) is 0 Å². The summed E-state index contributed by atoms with van der Waals surface area (Å²) in [6.07, 6.45) is 4.17.